The van der Waals surface area contributed by atoms with E-state index in [9.17, 15) is 9.59 Å². The second-order valence-corrected chi connectivity index (χ2v) is 7.80. The van der Waals surface area contributed by atoms with Crippen LogP contribution in [-0.4, -0.2) is 52.1 Å². The van der Waals surface area contributed by atoms with Crippen molar-refractivity contribution in [1.29, 1.82) is 0 Å². The summed E-state index contributed by atoms with van der Waals surface area (Å²) >= 11 is 5.29. The highest BCUT2D eigenvalue weighted by molar-refractivity contribution is 7.80. The molecule has 6 nitrogen and oxygen atoms in total. The number of unbranched alkanes of at least 4 members (excludes halogenated alkanes) is 1. The summed E-state index contributed by atoms with van der Waals surface area (Å²) in [4.78, 5) is 27.8. The molecule has 1 aromatic heterocycles. The Bertz CT molecular complexity index is 1020. The third-order valence-electron chi connectivity index (χ3n) is 5.31. The van der Waals surface area contributed by atoms with E-state index in [4.69, 9.17) is 17.0 Å². The van der Waals surface area contributed by atoms with Gasteiger partial charge in [-0.3, -0.25) is 9.69 Å². The summed E-state index contributed by atoms with van der Waals surface area (Å²) < 4.78 is 7.37. The quantitative estimate of drug-likeness (QED) is 0.302. The number of rotatable bonds is 6. The summed E-state index contributed by atoms with van der Waals surface area (Å²) in [7, 11) is 3.48. The van der Waals surface area contributed by atoms with Gasteiger partial charge >= 0.3 is 5.97 Å². The molecular formula is C23H27N3O3S. The highest BCUT2D eigenvalue weighted by Crippen LogP contribution is 2.26. The summed E-state index contributed by atoms with van der Waals surface area (Å²) in [6.07, 6.45) is 3.72. The van der Waals surface area contributed by atoms with E-state index in [1.54, 1.807) is 31.1 Å². The predicted molar refractivity (Wildman–Crippen MR) is 122 cm³/mol. The first-order chi connectivity index (χ1) is 14.3. The van der Waals surface area contributed by atoms with Crippen LogP contribution in [0.3, 0.4) is 0 Å². The molecule has 0 radical (unpaired) electrons. The molecule has 0 aliphatic carbocycles. The van der Waals surface area contributed by atoms with Crippen molar-refractivity contribution in [1.82, 2.24) is 14.4 Å². The normalized spacial score (nSPS) is 15.4. The van der Waals surface area contributed by atoms with Crippen molar-refractivity contribution in [2.45, 2.75) is 33.6 Å². The predicted octanol–water partition coefficient (Wildman–Crippen LogP) is 4.08. The van der Waals surface area contributed by atoms with Gasteiger partial charge in [-0.1, -0.05) is 13.3 Å². The zero-order chi connectivity index (χ0) is 22.0. The van der Waals surface area contributed by atoms with Crippen molar-refractivity contribution < 1.29 is 14.3 Å². The summed E-state index contributed by atoms with van der Waals surface area (Å²) in [5.41, 5.74) is 5.01. The van der Waals surface area contributed by atoms with E-state index in [-0.39, 0.29) is 11.9 Å². The van der Waals surface area contributed by atoms with E-state index in [1.807, 2.05) is 38.1 Å². The third kappa shape index (κ3) is 4.03. The Labute approximate surface area is 182 Å². The molecule has 158 valence electrons. The molecule has 2 heterocycles. The number of hydrogen-bond acceptors (Lipinski definition) is 4. The van der Waals surface area contributed by atoms with Gasteiger partial charge in [-0.2, -0.15) is 0 Å². The van der Waals surface area contributed by atoms with Crippen LogP contribution in [0.1, 0.15) is 47.1 Å². The van der Waals surface area contributed by atoms with Gasteiger partial charge in [0.15, 0.2) is 5.11 Å². The molecule has 0 bridgehead atoms. The molecule has 1 aliphatic rings. The maximum atomic E-state index is 12.5. The van der Waals surface area contributed by atoms with Gasteiger partial charge in [-0.15, -0.1) is 0 Å². The molecule has 0 unspecified atom stereocenters. The van der Waals surface area contributed by atoms with Crippen LogP contribution in [0.2, 0.25) is 0 Å². The molecule has 30 heavy (non-hydrogen) atoms. The van der Waals surface area contributed by atoms with Crippen LogP contribution in [-0.2, 0) is 9.53 Å². The lowest BCUT2D eigenvalue weighted by Gasteiger charge is -2.12. The first kappa shape index (κ1) is 21.8. The average molecular weight is 426 g/mol. The van der Waals surface area contributed by atoms with Gasteiger partial charge in [0.05, 0.1) is 12.2 Å². The molecule has 1 saturated heterocycles. The molecular weight excluding hydrogens is 398 g/mol. The highest BCUT2D eigenvalue weighted by Gasteiger charge is 2.33. The number of hydrogen-bond donors (Lipinski definition) is 0. The van der Waals surface area contributed by atoms with Crippen LogP contribution in [0.15, 0.2) is 36.0 Å². The Kier molecular flexibility index (Phi) is 6.41. The number of esters is 1. The Morgan fingerprint density at radius 2 is 1.80 bits per heavy atom. The van der Waals surface area contributed by atoms with Crippen LogP contribution in [0.25, 0.3) is 11.8 Å². The Morgan fingerprint density at radius 3 is 2.37 bits per heavy atom. The number of thiocarbonyl (C=S) groups is 1. The van der Waals surface area contributed by atoms with Gasteiger partial charge in [-0.25, -0.2) is 4.79 Å². The van der Waals surface area contributed by atoms with Gasteiger partial charge < -0.3 is 14.2 Å². The zero-order valence-electron chi connectivity index (χ0n) is 18.1. The molecule has 1 fully saturated rings. The summed E-state index contributed by atoms with van der Waals surface area (Å²) in [5.74, 6) is -0.414. The third-order valence-corrected chi connectivity index (χ3v) is 5.86. The van der Waals surface area contributed by atoms with Crippen LogP contribution in [0.4, 0.5) is 0 Å². The fraction of sp³-hybridized carbons (Fsp3) is 0.348. The first-order valence-electron chi connectivity index (χ1n) is 10.00. The SMILES string of the molecule is CCCCOC(=O)c1ccc(-n2c(C)cc(/C=C3\C(=O)N(C)C(=S)N3C)c2C)cc1. The van der Waals surface area contributed by atoms with Crippen LogP contribution in [0.5, 0.6) is 0 Å². The number of aryl methyl sites for hydroxylation is 1. The van der Waals surface area contributed by atoms with Crippen LogP contribution < -0.4 is 0 Å². The fourth-order valence-corrected chi connectivity index (χ4v) is 3.69. The van der Waals surface area contributed by atoms with Crippen molar-refractivity contribution in [2.24, 2.45) is 0 Å². The van der Waals surface area contributed by atoms with Gasteiger partial charge in [0.1, 0.15) is 5.70 Å². The van der Waals surface area contributed by atoms with E-state index < -0.39 is 0 Å². The van der Waals surface area contributed by atoms with Gasteiger partial charge in [0, 0.05) is 31.2 Å². The number of ether oxygens (including phenoxy) is 1. The number of benzene rings is 1. The minimum Gasteiger partial charge on any atom is -0.462 e. The largest absolute Gasteiger partial charge is 0.462 e. The molecule has 7 heteroatoms. The molecule has 0 saturated carbocycles. The minimum absolute atomic E-state index is 0.113. The van der Waals surface area contributed by atoms with E-state index in [0.29, 0.717) is 23.0 Å². The lowest BCUT2D eigenvalue weighted by atomic mass is 10.2. The summed E-state index contributed by atoms with van der Waals surface area (Å²) in [5, 5.41) is 0.487. The number of likely N-dealkylation sites (N-methyl/N-ethyl adjacent to an activating group) is 2. The maximum absolute atomic E-state index is 12.5. The van der Waals surface area contributed by atoms with Crippen molar-refractivity contribution in [3.8, 4) is 5.69 Å². The maximum Gasteiger partial charge on any atom is 0.338 e. The van der Waals surface area contributed by atoms with Crippen molar-refractivity contribution in [3.63, 3.8) is 0 Å². The number of nitrogens with zero attached hydrogens (tertiary/aromatic N) is 3. The van der Waals surface area contributed by atoms with Crippen molar-refractivity contribution >= 4 is 35.3 Å². The Balaban J connectivity index is 1.88. The first-order valence-corrected chi connectivity index (χ1v) is 10.4. The molecule has 3 rings (SSSR count). The zero-order valence-corrected chi connectivity index (χ0v) is 18.9. The topological polar surface area (TPSA) is 54.8 Å². The monoisotopic (exact) mass is 425 g/mol. The molecule has 1 aliphatic heterocycles. The van der Waals surface area contributed by atoms with E-state index in [0.717, 1.165) is 35.5 Å². The van der Waals surface area contributed by atoms with Crippen LogP contribution >= 0.6 is 12.2 Å². The molecule has 0 N–H and O–H groups in total. The molecule has 0 spiro atoms. The lowest BCUT2D eigenvalue weighted by molar-refractivity contribution is -0.121. The highest BCUT2D eigenvalue weighted by atomic mass is 32.1. The average Bonchev–Trinajstić information content (AvgIpc) is 3.11. The van der Waals surface area contributed by atoms with E-state index in [1.165, 1.54) is 4.90 Å². The molecule has 2 aromatic rings. The number of carbonyl (C=O) groups is 2. The van der Waals surface area contributed by atoms with E-state index >= 15 is 0 Å². The van der Waals surface area contributed by atoms with Crippen LogP contribution in [0, 0.1) is 13.8 Å². The van der Waals surface area contributed by atoms with Gasteiger partial charge in [-0.05, 0) is 74.5 Å². The smallest absolute Gasteiger partial charge is 0.338 e. The minimum atomic E-state index is -0.302. The molecule has 1 amide bonds. The van der Waals surface area contributed by atoms with Gasteiger partial charge in [0.25, 0.3) is 5.91 Å². The number of amides is 1. The Morgan fingerprint density at radius 1 is 1.13 bits per heavy atom. The van der Waals surface area contributed by atoms with Gasteiger partial charge in [0.2, 0.25) is 0 Å². The number of carbonyl (C=O) groups excluding carboxylic acids is 2. The fourth-order valence-electron chi connectivity index (χ4n) is 3.51. The second kappa shape index (κ2) is 8.83. The van der Waals surface area contributed by atoms with E-state index in [2.05, 4.69) is 11.5 Å². The Hall–Kier alpha value is -2.93. The summed E-state index contributed by atoms with van der Waals surface area (Å²) in [6, 6.07) is 9.41. The second-order valence-electron chi connectivity index (χ2n) is 7.43. The molecule has 0 atom stereocenters. The summed E-state index contributed by atoms with van der Waals surface area (Å²) in [6.45, 7) is 6.52. The lowest BCUT2D eigenvalue weighted by Crippen LogP contribution is -2.26. The van der Waals surface area contributed by atoms with Crippen molar-refractivity contribution in [2.75, 3.05) is 20.7 Å². The number of aromatic nitrogens is 1. The standard InChI is InChI=1S/C23H27N3O3S/c1-6-7-12-29-22(28)17-8-10-19(11-9-17)26-15(2)13-18(16(26)3)14-20-21(27)25(5)23(30)24(20)4/h8-11,13-14H,6-7,12H2,1-5H3/b20-14+. The van der Waals surface area contributed by atoms with Crippen molar-refractivity contribution in [3.05, 3.63) is 58.5 Å². The molecule has 1 aromatic carbocycles.